The third-order valence-corrected chi connectivity index (χ3v) is 5.12. The number of likely N-dealkylation sites (tertiary alicyclic amines) is 1. The molecule has 6 heteroatoms. The molecule has 1 amide bonds. The molecule has 2 atom stereocenters. The molecule has 1 fully saturated rings. The lowest BCUT2D eigenvalue weighted by atomic mass is 10.0. The first kappa shape index (κ1) is 18.4. The molecule has 0 radical (unpaired) electrons. The molecule has 144 valence electrons. The van der Waals surface area contributed by atoms with Crippen molar-refractivity contribution in [2.75, 3.05) is 13.1 Å². The largest absolute Gasteiger partial charge is 0.391 e. The van der Waals surface area contributed by atoms with Crippen molar-refractivity contribution in [3.05, 3.63) is 77.4 Å². The number of hydrogen-bond donors (Lipinski definition) is 1. The quantitative estimate of drug-likeness (QED) is 0.753. The molecule has 0 spiro atoms. The van der Waals surface area contributed by atoms with Gasteiger partial charge < -0.3 is 14.5 Å². The number of aryl methyl sites for hydroxylation is 1. The van der Waals surface area contributed by atoms with Crippen molar-refractivity contribution in [1.29, 1.82) is 0 Å². The average molecular weight is 380 g/mol. The Hall–Kier alpha value is -2.99. The van der Waals surface area contributed by atoms with Crippen LogP contribution < -0.4 is 0 Å². The van der Waals surface area contributed by atoms with Crippen LogP contribution in [0.15, 0.2) is 59.1 Å². The molecule has 4 rings (SSSR count). The van der Waals surface area contributed by atoms with Crippen LogP contribution in [0.5, 0.6) is 0 Å². The number of carbonyl (C=O) groups excluding carboxylic acids is 1. The van der Waals surface area contributed by atoms with Gasteiger partial charge in [-0.1, -0.05) is 29.4 Å². The molecule has 1 saturated heterocycles. The number of nitrogens with zero attached hydrogens (tertiary/aromatic N) is 2. The minimum Gasteiger partial charge on any atom is -0.391 e. The second-order valence-electron chi connectivity index (χ2n) is 7.26. The number of hydrogen-bond acceptors (Lipinski definition) is 4. The topological polar surface area (TPSA) is 66.6 Å². The highest BCUT2D eigenvalue weighted by Gasteiger charge is 2.35. The SMILES string of the molecule is Cc1cc(C[C@@H]2CN(C(=O)c3cccc(-c4ccc(F)cc4)c3)C[C@@H]2O)on1. The molecule has 0 saturated carbocycles. The van der Waals surface area contributed by atoms with Crippen LogP contribution in [0.3, 0.4) is 0 Å². The Morgan fingerprint density at radius 2 is 1.96 bits per heavy atom. The molecule has 2 aromatic carbocycles. The first-order chi connectivity index (χ1) is 13.5. The molecule has 1 aliphatic rings. The van der Waals surface area contributed by atoms with Crippen LogP contribution in [0.4, 0.5) is 4.39 Å². The molecular formula is C22H21FN2O3. The molecule has 0 aliphatic carbocycles. The van der Waals surface area contributed by atoms with Crippen molar-refractivity contribution in [3.63, 3.8) is 0 Å². The third-order valence-electron chi connectivity index (χ3n) is 5.12. The first-order valence-electron chi connectivity index (χ1n) is 9.25. The van der Waals surface area contributed by atoms with Gasteiger partial charge in [0.15, 0.2) is 0 Å². The number of halogens is 1. The van der Waals surface area contributed by atoms with E-state index in [0.717, 1.165) is 16.8 Å². The van der Waals surface area contributed by atoms with Crippen LogP contribution >= 0.6 is 0 Å². The number of aliphatic hydroxyl groups excluding tert-OH is 1. The summed E-state index contributed by atoms with van der Waals surface area (Å²) >= 11 is 0. The summed E-state index contributed by atoms with van der Waals surface area (Å²) in [5.74, 6) is 0.208. The van der Waals surface area contributed by atoms with E-state index in [2.05, 4.69) is 5.16 Å². The van der Waals surface area contributed by atoms with Gasteiger partial charge in [0.1, 0.15) is 11.6 Å². The van der Waals surface area contributed by atoms with Crippen molar-refractivity contribution in [3.8, 4) is 11.1 Å². The Balaban J connectivity index is 1.48. The van der Waals surface area contributed by atoms with Gasteiger partial charge in [-0.25, -0.2) is 4.39 Å². The van der Waals surface area contributed by atoms with Crippen molar-refractivity contribution in [2.24, 2.45) is 5.92 Å². The number of β-amino-alcohol motifs (C(OH)–C–C–N with tert-alkyl or cyclic N) is 1. The van der Waals surface area contributed by atoms with Crippen molar-refractivity contribution in [2.45, 2.75) is 19.4 Å². The minimum absolute atomic E-state index is 0.0865. The standard InChI is InChI=1S/C22H21FN2O3/c1-14-9-20(28-24-14)11-18-12-25(13-21(18)26)22(27)17-4-2-3-16(10-17)15-5-7-19(23)8-6-15/h2-10,18,21,26H,11-13H2,1H3/t18-,21+/m1/s1. The van der Waals surface area contributed by atoms with E-state index in [-0.39, 0.29) is 24.2 Å². The number of aromatic nitrogens is 1. The van der Waals surface area contributed by atoms with Crippen molar-refractivity contribution < 1.29 is 18.8 Å². The van der Waals surface area contributed by atoms with Crippen LogP contribution in [0, 0.1) is 18.7 Å². The second-order valence-corrected chi connectivity index (χ2v) is 7.26. The summed E-state index contributed by atoms with van der Waals surface area (Å²) in [4.78, 5) is 14.6. The molecule has 0 bridgehead atoms. The summed E-state index contributed by atoms with van der Waals surface area (Å²) < 4.78 is 18.4. The normalized spacial score (nSPS) is 19.2. The van der Waals surface area contributed by atoms with Crippen LogP contribution in [0.25, 0.3) is 11.1 Å². The van der Waals surface area contributed by atoms with Gasteiger partial charge in [0.25, 0.3) is 5.91 Å². The lowest BCUT2D eigenvalue weighted by Crippen LogP contribution is -2.29. The van der Waals surface area contributed by atoms with Gasteiger partial charge in [0, 0.05) is 37.1 Å². The number of amides is 1. The summed E-state index contributed by atoms with van der Waals surface area (Å²) in [5, 5.41) is 14.3. The Morgan fingerprint density at radius 3 is 2.68 bits per heavy atom. The van der Waals surface area contributed by atoms with Gasteiger partial charge in [0.05, 0.1) is 11.8 Å². The molecule has 5 nitrogen and oxygen atoms in total. The molecule has 1 aromatic heterocycles. The van der Waals surface area contributed by atoms with E-state index in [4.69, 9.17) is 4.52 Å². The fourth-order valence-corrected chi connectivity index (χ4v) is 3.65. The Morgan fingerprint density at radius 1 is 1.18 bits per heavy atom. The van der Waals surface area contributed by atoms with E-state index in [9.17, 15) is 14.3 Å². The van der Waals surface area contributed by atoms with Crippen molar-refractivity contribution in [1.82, 2.24) is 10.1 Å². The fraction of sp³-hybridized carbons (Fsp3) is 0.273. The van der Waals surface area contributed by atoms with E-state index in [1.165, 1.54) is 12.1 Å². The molecule has 0 unspecified atom stereocenters. The van der Waals surface area contributed by atoms with E-state index >= 15 is 0 Å². The molecule has 1 aliphatic heterocycles. The van der Waals surface area contributed by atoms with E-state index < -0.39 is 6.10 Å². The zero-order valence-corrected chi connectivity index (χ0v) is 15.5. The minimum atomic E-state index is -0.602. The van der Waals surface area contributed by atoms with Crippen LogP contribution in [-0.2, 0) is 6.42 Å². The van der Waals surface area contributed by atoms with Crippen molar-refractivity contribution >= 4 is 5.91 Å². The lowest BCUT2D eigenvalue weighted by molar-refractivity contribution is 0.0764. The maximum Gasteiger partial charge on any atom is 0.253 e. The predicted molar refractivity (Wildman–Crippen MR) is 102 cm³/mol. The molecular weight excluding hydrogens is 359 g/mol. The fourth-order valence-electron chi connectivity index (χ4n) is 3.65. The lowest BCUT2D eigenvalue weighted by Gasteiger charge is -2.16. The van der Waals surface area contributed by atoms with Gasteiger partial charge in [0.2, 0.25) is 0 Å². The average Bonchev–Trinajstić information content (AvgIpc) is 3.27. The Kier molecular flexibility index (Phi) is 4.96. The molecule has 1 N–H and O–H groups in total. The van der Waals surface area contributed by atoms with Gasteiger partial charge in [-0.2, -0.15) is 0 Å². The van der Waals surface area contributed by atoms with Gasteiger partial charge in [-0.15, -0.1) is 0 Å². The number of rotatable bonds is 4. The summed E-state index contributed by atoms with van der Waals surface area (Å²) in [7, 11) is 0. The molecule has 28 heavy (non-hydrogen) atoms. The second kappa shape index (κ2) is 7.56. The highest BCUT2D eigenvalue weighted by atomic mass is 19.1. The maximum atomic E-state index is 13.2. The van der Waals surface area contributed by atoms with Crippen LogP contribution in [0.1, 0.15) is 21.8 Å². The summed E-state index contributed by atoms with van der Waals surface area (Å²) in [5.41, 5.74) is 3.04. The molecule has 2 heterocycles. The maximum absolute atomic E-state index is 13.2. The van der Waals surface area contributed by atoms with Gasteiger partial charge in [-0.05, 0) is 42.3 Å². The first-order valence-corrected chi connectivity index (χ1v) is 9.25. The zero-order valence-electron chi connectivity index (χ0n) is 15.5. The number of carbonyl (C=O) groups is 1. The highest BCUT2D eigenvalue weighted by molar-refractivity contribution is 5.95. The molecule has 3 aromatic rings. The predicted octanol–water partition coefficient (Wildman–Crippen LogP) is 3.46. The number of benzene rings is 2. The van der Waals surface area contributed by atoms with Crippen LogP contribution in [0.2, 0.25) is 0 Å². The Bertz CT molecular complexity index is 983. The summed E-state index contributed by atoms with van der Waals surface area (Å²) in [6.45, 7) is 2.60. The number of aliphatic hydroxyl groups is 1. The van der Waals surface area contributed by atoms with E-state index in [1.807, 2.05) is 25.1 Å². The van der Waals surface area contributed by atoms with Crippen LogP contribution in [-0.4, -0.2) is 40.3 Å². The summed E-state index contributed by atoms with van der Waals surface area (Å²) in [6.07, 6.45) is -0.0591. The van der Waals surface area contributed by atoms with E-state index in [1.54, 1.807) is 29.2 Å². The third kappa shape index (κ3) is 3.82. The van der Waals surface area contributed by atoms with Gasteiger partial charge >= 0.3 is 0 Å². The summed E-state index contributed by atoms with van der Waals surface area (Å²) in [6, 6.07) is 15.3. The Labute approximate surface area is 162 Å². The van der Waals surface area contributed by atoms with E-state index in [0.29, 0.717) is 24.3 Å². The highest BCUT2D eigenvalue weighted by Crippen LogP contribution is 2.25. The monoisotopic (exact) mass is 380 g/mol. The van der Waals surface area contributed by atoms with Gasteiger partial charge in [-0.3, -0.25) is 4.79 Å². The smallest absolute Gasteiger partial charge is 0.253 e. The zero-order chi connectivity index (χ0) is 19.7.